The van der Waals surface area contributed by atoms with E-state index in [9.17, 15) is 9.59 Å². The summed E-state index contributed by atoms with van der Waals surface area (Å²) in [5.41, 5.74) is -0.0974. The standard InChI is InChI=1S/C15H12N4O4/c1-2-22-9-17-19-8-16-11-12(15(19)21)18-23-14(11)13(20)10-6-4-3-5-7-10/h3-9H,2H2,1H3/b17-9-. The normalized spacial score (nSPS) is 11.2. The fraction of sp³-hybridized carbons (Fsp3) is 0.133. The summed E-state index contributed by atoms with van der Waals surface area (Å²) in [6, 6.07) is 8.54. The van der Waals surface area contributed by atoms with Crippen molar-refractivity contribution in [2.75, 3.05) is 6.61 Å². The largest absolute Gasteiger partial charge is 0.482 e. The minimum atomic E-state index is -0.554. The van der Waals surface area contributed by atoms with E-state index < -0.39 is 11.3 Å². The number of aromatic nitrogens is 3. The molecule has 0 amide bonds. The summed E-state index contributed by atoms with van der Waals surface area (Å²) < 4.78 is 10.9. The number of nitrogens with zero attached hydrogens (tertiary/aromatic N) is 4. The van der Waals surface area contributed by atoms with Crippen molar-refractivity contribution in [3.05, 3.63) is 58.3 Å². The first-order chi connectivity index (χ1) is 11.2. The van der Waals surface area contributed by atoms with E-state index in [0.717, 1.165) is 11.1 Å². The summed E-state index contributed by atoms with van der Waals surface area (Å²) in [5.74, 6) is -0.472. The van der Waals surface area contributed by atoms with E-state index in [1.165, 1.54) is 6.33 Å². The van der Waals surface area contributed by atoms with Crippen molar-refractivity contribution < 1.29 is 14.1 Å². The van der Waals surface area contributed by atoms with Crippen molar-refractivity contribution in [3.63, 3.8) is 0 Å². The van der Waals surface area contributed by atoms with E-state index in [2.05, 4.69) is 15.2 Å². The summed E-state index contributed by atoms with van der Waals surface area (Å²) >= 11 is 0. The Morgan fingerprint density at radius 2 is 2.13 bits per heavy atom. The molecule has 0 bridgehead atoms. The highest BCUT2D eigenvalue weighted by Gasteiger charge is 2.21. The molecule has 0 atom stereocenters. The molecule has 2 heterocycles. The van der Waals surface area contributed by atoms with Crippen LogP contribution in [-0.4, -0.2) is 33.6 Å². The minimum Gasteiger partial charge on any atom is -0.482 e. The minimum absolute atomic E-state index is 0.0690. The van der Waals surface area contributed by atoms with Crippen LogP contribution in [0.1, 0.15) is 23.0 Å². The second-order valence-corrected chi connectivity index (χ2v) is 4.47. The molecule has 0 spiro atoms. The first-order valence-electron chi connectivity index (χ1n) is 6.83. The van der Waals surface area contributed by atoms with Gasteiger partial charge in [0.1, 0.15) is 11.8 Å². The molecule has 1 aromatic carbocycles. The van der Waals surface area contributed by atoms with Gasteiger partial charge in [0.05, 0.1) is 6.61 Å². The Morgan fingerprint density at radius 1 is 1.35 bits per heavy atom. The van der Waals surface area contributed by atoms with E-state index in [1.807, 2.05) is 0 Å². The molecule has 116 valence electrons. The fourth-order valence-electron chi connectivity index (χ4n) is 1.93. The Hall–Kier alpha value is -3.29. The summed E-state index contributed by atoms with van der Waals surface area (Å²) in [6.07, 6.45) is 2.31. The molecule has 8 heteroatoms. The van der Waals surface area contributed by atoms with E-state index in [4.69, 9.17) is 9.26 Å². The van der Waals surface area contributed by atoms with Crippen molar-refractivity contribution in [3.8, 4) is 0 Å². The summed E-state index contributed by atoms with van der Waals surface area (Å²) in [6.45, 7) is 2.21. The molecule has 0 aliphatic carbocycles. The van der Waals surface area contributed by atoms with Crippen LogP contribution in [0, 0.1) is 0 Å². The highest BCUT2D eigenvalue weighted by molar-refractivity contribution is 6.12. The number of carbonyl (C=O) groups excluding carboxylic acids is 1. The maximum Gasteiger partial charge on any atom is 0.304 e. The maximum atomic E-state index is 12.4. The van der Waals surface area contributed by atoms with Crippen LogP contribution >= 0.6 is 0 Å². The molecule has 3 rings (SSSR count). The van der Waals surface area contributed by atoms with Crippen molar-refractivity contribution in [1.29, 1.82) is 0 Å². The topological polar surface area (TPSA) is 99.6 Å². The van der Waals surface area contributed by atoms with Gasteiger partial charge in [-0.3, -0.25) is 9.59 Å². The lowest BCUT2D eigenvalue weighted by Crippen LogP contribution is -2.17. The zero-order valence-corrected chi connectivity index (χ0v) is 12.2. The van der Waals surface area contributed by atoms with Gasteiger partial charge in [0.25, 0.3) is 0 Å². The molecule has 0 saturated heterocycles. The SMILES string of the molecule is CCO/C=N\n1cnc2c(C(=O)c3ccccc3)onc2c1=O. The van der Waals surface area contributed by atoms with Gasteiger partial charge in [-0.05, 0) is 6.92 Å². The fourth-order valence-corrected chi connectivity index (χ4v) is 1.93. The van der Waals surface area contributed by atoms with Gasteiger partial charge in [-0.25, -0.2) is 4.98 Å². The quantitative estimate of drug-likeness (QED) is 0.401. The smallest absolute Gasteiger partial charge is 0.304 e. The van der Waals surface area contributed by atoms with Crippen molar-refractivity contribution >= 4 is 23.2 Å². The molecule has 0 aliphatic rings. The van der Waals surface area contributed by atoms with E-state index in [0.29, 0.717) is 12.2 Å². The van der Waals surface area contributed by atoms with Crippen LogP contribution in [0.25, 0.3) is 11.0 Å². The Morgan fingerprint density at radius 3 is 2.87 bits per heavy atom. The highest BCUT2D eigenvalue weighted by atomic mass is 16.5. The molecule has 0 radical (unpaired) electrons. The molecule has 0 saturated carbocycles. The van der Waals surface area contributed by atoms with Crippen LogP contribution in [0.5, 0.6) is 0 Å². The highest BCUT2D eigenvalue weighted by Crippen LogP contribution is 2.16. The second kappa shape index (κ2) is 6.22. The van der Waals surface area contributed by atoms with Crippen LogP contribution in [0.2, 0.25) is 0 Å². The van der Waals surface area contributed by atoms with E-state index >= 15 is 0 Å². The van der Waals surface area contributed by atoms with Crippen molar-refractivity contribution in [2.24, 2.45) is 5.10 Å². The number of fused-ring (bicyclic) bond motifs is 1. The van der Waals surface area contributed by atoms with Gasteiger partial charge < -0.3 is 9.26 Å². The molecule has 2 aromatic heterocycles. The third-order valence-corrected chi connectivity index (χ3v) is 3.03. The van der Waals surface area contributed by atoms with Gasteiger partial charge in [0.2, 0.25) is 11.5 Å². The van der Waals surface area contributed by atoms with Crippen molar-refractivity contribution in [1.82, 2.24) is 14.8 Å². The molecule has 0 N–H and O–H groups in total. The Labute approximate surface area is 130 Å². The zero-order chi connectivity index (χ0) is 16.2. The lowest BCUT2D eigenvalue weighted by Gasteiger charge is -1.98. The monoisotopic (exact) mass is 312 g/mol. The number of rotatable bonds is 5. The van der Waals surface area contributed by atoms with Crippen LogP contribution in [-0.2, 0) is 4.74 Å². The number of ether oxygens (including phenoxy) is 1. The Kier molecular flexibility index (Phi) is 3.96. The lowest BCUT2D eigenvalue weighted by atomic mass is 10.1. The summed E-state index contributed by atoms with van der Waals surface area (Å²) in [4.78, 5) is 28.7. The molecule has 0 fully saturated rings. The number of carbonyl (C=O) groups is 1. The van der Waals surface area contributed by atoms with Gasteiger partial charge in [-0.2, -0.15) is 4.68 Å². The molecular weight excluding hydrogens is 300 g/mol. The Balaban J connectivity index is 2.04. The maximum absolute atomic E-state index is 12.4. The Bertz CT molecular complexity index is 928. The van der Waals surface area contributed by atoms with E-state index in [-0.39, 0.29) is 16.8 Å². The number of hydrogen-bond donors (Lipinski definition) is 0. The average Bonchev–Trinajstić information content (AvgIpc) is 3.02. The van der Waals surface area contributed by atoms with Crippen LogP contribution in [0.3, 0.4) is 0 Å². The molecule has 0 unspecified atom stereocenters. The predicted octanol–water partition coefficient (Wildman–Crippen LogP) is 1.44. The average molecular weight is 312 g/mol. The van der Waals surface area contributed by atoms with Crippen LogP contribution in [0.15, 0.2) is 51.1 Å². The summed E-state index contributed by atoms with van der Waals surface area (Å²) in [5, 5.41) is 7.43. The summed E-state index contributed by atoms with van der Waals surface area (Å²) in [7, 11) is 0. The van der Waals surface area contributed by atoms with Gasteiger partial charge in [0.15, 0.2) is 11.9 Å². The molecule has 3 aromatic rings. The van der Waals surface area contributed by atoms with Gasteiger partial charge in [0, 0.05) is 5.56 Å². The number of benzene rings is 1. The van der Waals surface area contributed by atoms with Gasteiger partial charge in [-0.1, -0.05) is 35.5 Å². The van der Waals surface area contributed by atoms with Gasteiger partial charge in [-0.15, -0.1) is 5.10 Å². The second-order valence-electron chi connectivity index (χ2n) is 4.47. The first kappa shape index (κ1) is 14.6. The van der Waals surface area contributed by atoms with Gasteiger partial charge >= 0.3 is 5.56 Å². The van der Waals surface area contributed by atoms with Crippen LogP contribution in [0.4, 0.5) is 0 Å². The predicted molar refractivity (Wildman–Crippen MR) is 81.5 cm³/mol. The van der Waals surface area contributed by atoms with Crippen LogP contribution < -0.4 is 5.56 Å². The third kappa shape index (κ3) is 2.73. The van der Waals surface area contributed by atoms with E-state index in [1.54, 1.807) is 37.3 Å². The third-order valence-electron chi connectivity index (χ3n) is 3.03. The molecular formula is C15H12N4O4. The molecule has 8 nitrogen and oxygen atoms in total. The first-order valence-corrected chi connectivity index (χ1v) is 6.83. The number of ketones is 1. The molecule has 23 heavy (non-hydrogen) atoms. The molecule has 0 aliphatic heterocycles. The van der Waals surface area contributed by atoms with Crippen molar-refractivity contribution in [2.45, 2.75) is 6.92 Å². The number of hydrogen-bond acceptors (Lipinski definition) is 7. The lowest BCUT2D eigenvalue weighted by molar-refractivity contribution is 0.100. The zero-order valence-electron chi connectivity index (χ0n) is 12.2.